The van der Waals surface area contributed by atoms with Crippen molar-refractivity contribution in [3.05, 3.63) is 30.3 Å². The number of hydrogen-bond acceptors (Lipinski definition) is 4. The number of rotatable bonds is 8. The Morgan fingerprint density at radius 1 is 1.30 bits per heavy atom. The van der Waals surface area contributed by atoms with Gasteiger partial charge in [0, 0.05) is 18.8 Å². The van der Waals surface area contributed by atoms with Gasteiger partial charge in [-0.2, -0.15) is 0 Å². The molecule has 0 aliphatic rings. The number of carbonyl (C=O) groups excluding carboxylic acids is 1. The highest BCUT2D eigenvalue weighted by atomic mass is 16.5. The number of hydrogen-bond donors (Lipinski definition) is 1. The van der Waals surface area contributed by atoms with E-state index in [4.69, 9.17) is 10.5 Å². The summed E-state index contributed by atoms with van der Waals surface area (Å²) < 4.78 is 4.71. The number of nitrogens with two attached hydrogens (primary N) is 1. The number of anilines is 1. The largest absolute Gasteiger partial charge is 0.468 e. The van der Waals surface area contributed by atoms with E-state index in [1.54, 1.807) is 6.92 Å². The second-order valence-corrected chi connectivity index (χ2v) is 5.28. The number of methoxy groups -OCH3 is 1. The normalized spacial score (nSPS) is 13.6. The van der Waals surface area contributed by atoms with Gasteiger partial charge in [-0.1, -0.05) is 18.2 Å². The first kappa shape index (κ1) is 16.5. The van der Waals surface area contributed by atoms with Gasteiger partial charge in [0.25, 0.3) is 0 Å². The molecular weight excluding hydrogens is 252 g/mol. The van der Waals surface area contributed by atoms with Crippen LogP contribution >= 0.6 is 0 Å². The highest BCUT2D eigenvalue weighted by Gasteiger charge is 2.28. The zero-order chi connectivity index (χ0) is 15.0. The van der Waals surface area contributed by atoms with Crippen LogP contribution in [0.4, 0.5) is 5.69 Å². The Morgan fingerprint density at radius 2 is 1.95 bits per heavy atom. The van der Waals surface area contributed by atoms with Crippen molar-refractivity contribution >= 4 is 11.7 Å². The molecule has 1 aromatic carbocycles. The van der Waals surface area contributed by atoms with Crippen molar-refractivity contribution < 1.29 is 9.53 Å². The Morgan fingerprint density at radius 3 is 2.50 bits per heavy atom. The zero-order valence-corrected chi connectivity index (χ0v) is 12.8. The molecular formula is C16H26N2O2. The van der Waals surface area contributed by atoms with Crippen LogP contribution in [0, 0.1) is 0 Å². The molecule has 0 saturated heterocycles. The number of para-hydroxylation sites is 1. The summed E-state index contributed by atoms with van der Waals surface area (Å²) in [5.74, 6) is -0.340. The second kappa shape index (κ2) is 7.90. The van der Waals surface area contributed by atoms with E-state index in [0.29, 0.717) is 6.42 Å². The Balaban J connectivity index is 2.38. The molecule has 1 aromatic rings. The molecule has 0 bridgehead atoms. The molecule has 0 aromatic heterocycles. The SMILES string of the molecule is CCN(CCCCC(C)(N)C(=O)OC)c1ccccc1. The molecule has 4 heteroatoms. The molecule has 1 rings (SSSR count). The molecule has 0 aliphatic carbocycles. The first-order chi connectivity index (χ1) is 9.51. The molecule has 20 heavy (non-hydrogen) atoms. The highest BCUT2D eigenvalue weighted by Crippen LogP contribution is 2.16. The quantitative estimate of drug-likeness (QED) is 0.586. The second-order valence-electron chi connectivity index (χ2n) is 5.28. The number of benzene rings is 1. The molecule has 0 fully saturated rings. The van der Waals surface area contributed by atoms with Crippen molar-refractivity contribution in [2.75, 3.05) is 25.1 Å². The van der Waals surface area contributed by atoms with Crippen molar-refractivity contribution in [3.8, 4) is 0 Å². The van der Waals surface area contributed by atoms with Crippen LogP contribution in [-0.4, -0.2) is 31.7 Å². The lowest BCUT2D eigenvalue weighted by Crippen LogP contribution is -2.45. The lowest BCUT2D eigenvalue weighted by atomic mass is 9.96. The predicted molar refractivity (Wildman–Crippen MR) is 82.8 cm³/mol. The lowest BCUT2D eigenvalue weighted by Gasteiger charge is -2.25. The fraction of sp³-hybridized carbons (Fsp3) is 0.562. The lowest BCUT2D eigenvalue weighted by molar-refractivity contribution is -0.146. The van der Waals surface area contributed by atoms with Crippen LogP contribution in [0.15, 0.2) is 30.3 Å². The van der Waals surface area contributed by atoms with E-state index in [1.165, 1.54) is 12.8 Å². The molecule has 0 radical (unpaired) electrons. The van der Waals surface area contributed by atoms with E-state index in [-0.39, 0.29) is 5.97 Å². The van der Waals surface area contributed by atoms with E-state index in [1.807, 2.05) is 18.2 Å². The Labute approximate surface area is 121 Å². The van der Waals surface area contributed by atoms with E-state index in [2.05, 4.69) is 24.0 Å². The minimum absolute atomic E-state index is 0.340. The molecule has 2 N–H and O–H groups in total. The number of carbonyl (C=O) groups is 1. The van der Waals surface area contributed by atoms with Crippen molar-refractivity contribution in [1.82, 2.24) is 0 Å². The van der Waals surface area contributed by atoms with E-state index in [9.17, 15) is 4.79 Å². The summed E-state index contributed by atoms with van der Waals surface area (Å²) in [6.07, 6.45) is 2.56. The first-order valence-corrected chi connectivity index (χ1v) is 7.18. The van der Waals surface area contributed by atoms with Gasteiger partial charge in [0.2, 0.25) is 0 Å². The molecule has 112 valence electrons. The standard InChI is InChI=1S/C16H26N2O2/c1-4-18(14-10-6-5-7-11-14)13-9-8-12-16(2,17)15(19)20-3/h5-7,10-11H,4,8-9,12-13,17H2,1-3H3. The number of ether oxygens (including phenoxy) is 1. The summed E-state index contributed by atoms with van der Waals surface area (Å²) in [5, 5.41) is 0. The average Bonchev–Trinajstić information content (AvgIpc) is 2.47. The van der Waals surface area contributed by atoms with Crippen molar-refractivity contribution in [1.29, 1.82) is 0 Å². The van der Waals surface area contributed by atoms with Gasteiger partial charge in [0.05, 0.1) is 7.11 Å². The molecule has 0 spiro atoms. The Hall–Kier alpha value is -1.55. The van der Waals surface area contributed by atoms with Crippen LogP contribution in [0.25, 0.3) is 0 Å². The molecule has 0 heterocycles. The average molecular weight is 278 g/mol. The summed E-state index contributed by atoms with van der Waals surface area (Å²) in [5.41, 5.74) is 6.30. The van der Waals surface area contributed by atoms with Crippen LogP contribution in [0.1, 0.15) is 33.1 Å². The fourth-order valence-corrected chi connectivity index (χ4v) is 2.24. The molecule has 1 atom stereocenters. The highest BCUT2D eigenvalue weighted by molar-refractivity contribution is 5.79. The van der Waals surface area contributed by atoms with Crippen LogP contribution in [0.2, 0.25) is 0 Å². The van der Waals surface area contributed by atoms with Gasteiger partial charge in [-0.15, -0.1) is 0 Å². The maximum absolute atomic E-state index is 11.5. The van der Waals surface area contributed by atoms with Gasteiger partial charge in [-0.05, 0) is 45.2 Å². The zero-order valence-electron chi connectivity index (χ0n) is 12.8. The third-order valence-electron chi connectivity index (χ3n) is 3.53. The monoisotopic (exact) mass is 278 g/mol. The maximum atomic E-state index is 11.5. The van der Waals surface area contributed by atoms with Crippen LogP contribution in [-0.2, 0) is 9.53 Å². The Kier molecular flexibility index (Phi) is 6.52. The summed E-state index contributed by atoms with van der Waals surface area (Å²) in [4.78, 5) is 13.8. The minimum Gasteiger partial charge on any atom is -0.468 e. The van der Waals surface area contributed by atoms with Gasteiger partial charge < -0.3 is 15.4 Å². The van der Waals surface area contributed by atoms with Gasteiger partial charge in [-0.25, -0.2) is 0 Å². The summed E-state index contributed by atoms with van der Waals surface area (Å²) in [6.45, 7) is 5.82. The number of unbranched alkanes of at least 4 members (excludes halogenated alkanes) is 1. The summed E-state index contributed by atoms with van der Waals surface area (Å²) >= 11 is 0. The molecule has 1 unspecified atom stereocenters. The van der Waals surface area contributed by atoms with E-state index >= 15 is 0 Å². The van der Waals surface area contributed by atoms with Crippen LogP contribution in [0.5, 0.6) is 0 Å². The van der Waals surface area contributed by atoms with E-state index in [0.717, 1.165) is 25.9 Å². The fourth-order valence-electron chi connectivity index (χ4n) is 2.24. The van der Waals surface area contributed by atoms with Crippen LogP contribution in [0.3, 0.4) is 0 Å². The third kappa shape index (κ3) is 4.85. The molecule has 0 amide bonds. The predicted octanol–water partition coefficient (Wildman–Crippen LogP) is 2.57. The topological polar surface area (TPSA) is 55.6 Å². The van der Waals surface area contributed by atoms with E-state index < -0.39 is 5.54 Å². The summed E-state index contributed by atoms with van der Waals surface area (Å²) in [6, 6.07) is 10.3. The molecule has 4 nitrogen and oxygen atoms in total. The first-order valence-electron chi connectivity index (χ1n) is 7.18. The van der Waals surface area contributed by atoms with Gasteiger partial charge >= 0.3 is 5.97 Å². The minimum atomic E-state index is -0.876. The Bertz CT molecular complexity index is 404. The van der Waals surface area contributed by atoms with Crippen molar-refractivity contribution in [2.45, 2.75) is 38.6 Å². The van der Waals surface area contributed by atoms with Crippen molar-refractivity contribution in [2.24, 2.45) is 5.73 Å². The van der Waals surface area contributed by atoms with Crippen molar-refractivity contribution in [3.63, 3.8) is 0 Å². The molecule has 0 aliphatic heterocycles. The van der Waals surface area contributed by atoms with Gasteiger partial charge in [-0.3, -0.25) is 4.79 Å². The number of nitrogens with zero attached hydrogens (tertiary/aromatic N) is 1. The molecule has 0 saturated carbocycles. The smallest absolute Gasteiger partial charge is 0.325 e. The summed E-state index contributed by atoms with van der Waals surface area (Å²) in [7, 11) is 1.38. The van der Waals surface area contributed by atoms with Gasteiger partial charge in [0.15, 0.2) is 0 Å². The maximum Gasteiger partial charge on any atom is 0.325 e. The third-order valence-corrected chi connectivity index (χ3v) is 3.53. The van der Waals surface area contributed by atoms with Gasteiger partial charge in [0.1, 0.15) is 5.54 Å². The number of esters is 1. The van der Waals surface area contributed by atoms with Crippen LogP contribution < -0.4 is 10.6 Å².